The summed E-state index contributed by atoms with van der Waals surface area (Å²) in [5, 5.41) is 0. The second-order valence-corrected chi connectivity index (χ2v) is 4.75. The standard InChI is InChI=1S/C7H14Cl2/c1-5(2)6(3)7(4,8)9/h5-6H,1-4H3. The molecule has 56 valence electrons. The number of hydrogen-bond acceptors (Lipinski definition) is 0. The fraction of sp³-hybridized carbons (Fsp3) is 1.00. The molecule has 9 heavy (non-hydrogen) atoms. The Morgan fingerprint density at radius 2 is 1.44 bits per heavy atom. The fourth-order valence-electron chi connectivity index (χ4n) is 0.585. The fourth-order valence-corrected chi connectivity index (χ4v) is 1.09. The molecule has 0 rings (SSSR count). The van der Waals surface area contributed by atoms with Crippen molar-refractivity contribution in [1.82, 2.24) is 0 Å². The summed E-state index contributed by atoms with van der Waals surface area (Å²) in [6.45, 7) is 8.13. The quantitative estimate of drug-likeness (QED) is 0.555. The van der Waals surface area contributed by atoms with Crippen LogP contribution >= 0.6 is 23.2 Å². The van der Waals surface area contributed by atoms with Crippen molar-refractivity contribution in [3.63, 3.8) is 0 Å². The van der Waals surface area contributed by atoms with E-state index in [4.69, 9.17) is 23.2 Å². The van der Waals surface area contributed by atoms with Gasteiger partial charge in [-0.25, -0.2) is 0 Å². The van der Waals surface area contributed by atoms with Crippen LogP contribution in [0.15, 0.2) is 0 Å². The molecule has 0 aromatic heterocycles. The van der Waals surface area contributed by atoms with E-state index >= 15 is 0 Å². The molecule has 0 amide bonds. The summed E-state index contributed by atoms with van der Waals surface area (Å²) >= 11 is 11.7. The van der Waals surface area contributed by atoms with Gasteiger partial charge in [0.15, 0.2) is 0 Å². The molecule has 0 spiro atoms. The van der Waals surface area contributed by atoms with Crippen LogP contribution in [0.1, 0.15) is 27.7 Å². The predicted octanol–water partition coefficient (Wildman–Crippen LogP) is 3.47. The minimum absolute atomic E-state index is 0.348. The average Bonchev–Trinajstić information content (AvgIpc) is 1.62. The van der Waals surface area contributed by atoms with E-state index in [1.807, 2.05) is 6.92 Å². The van der Waals surface area contributed by atoms with E-state index in [-0.39, 0.29) is 0 Å². The van der Waals surface area contributed by atoms with Crippen molar-refractivity contribution in [2.24, 2.45) is 11.8 Å². The zero-order chi connectivity index (χ0) is 7.65. The van der Waals surface area contributed by atoms with Crippen LogP contribution < -0.4 is 0 Å². The predicted molar refractivity (Wildman–Crippen MR) is 44.1 cm³/mol. The summed E-state index contributed by atoms with van der Waals surface area (Å²) in [6, 6.07) is 0. The summed E-state index contributed by atoms with van der Waals surface area (Å²) in [6.07, 6.45) is 0. The van der Waals surface area contributed by atoms with Crippen LogP contribution in [0, 0.1) is 11.8 Å². The smallest absolute Gasteiger partial charge is 0.102 e. The van der Waals surface area contributed by atoms with Crippen molar-refractivity contribution < 1.29 is 0 Å². The SMILES string of the molecule is CC(C)C(C)C(C)(Cl)Cl. The first-order valence-corrected chi connectivity index (χ1v) is 3.99. The Kier molecular flexibility index (Phi) is 3.32. The van der Waals surface area contributed by atoms with Gasteiger partial charge in [-0.1, -0.05) is 20.8 Å². The van der Waals surface area contributed by atoms with Crippen molar-refractivity contribution >= 4 is 23.2 Å². The molecule has 0 aliphatic carbocycles. The third kappa shape index (κ3) is 3.32. The molecule has 0 aliphatic heterocycles. The van der Waals surface area contributed by atoms with E-state index in [1.54, 1.807) is 0 Å². The lowest BCUT2D eigenvalue weighted by molar-refractivity contribution is 0.388. The van der Waals surface area contributed by atoms with Gasteiger partial charge >= 0.3 is 0 Å². The lowest BCUT2D eigenvalue weighted by Gasteiger charge is -2.25. The normalized spacial score (nSPS) is 16.3. The Balaban J connectivity index is 3.88. The molecule has 0 aliphatic rings. The number of halogens is 2. The van der Waals surface area contributed by atoms with Gasteiger partial charge in [-0.3, -0.25) is 0 Å². The van der Waals surface area contributed by atoms with Gasteiger partial charge in [0.05, 0.1) is 0 Å². The molecule has 0 bridgehead atoms. The molecule has 2 heteroatoms. The van der Waals surface area contributed by atoms with E-state index in [9.17, 15) is 0 Å². The second-order valence-electron chi connectivity index (χ2n) is 2.99. The maximum Gasteiger partial charge on any atom is 0.118 e. The van der Waals surface area contributed by atoms with Gasteiger partial charge in [0.25, 0.3) is 0 Å². The van der Waals surface area contributed by atoms with Crippen LogP contribution in [0.3, 0.4) is 0 Å². The highest BCUT2D eigenvalue weighted by atomic mass is 35.5. The van der Waals surface area contributed by atoms with Gasteiger partial charge < -0.3 is 0 Å². The van der Waals surface area contributed by atoms with E-state index < -0.39 is 4.33 Å². The summed E-state index contributed by atoms with van der Waals surface area (Å²) in [7, 11) is 0. The zero-order valence-electron chi connectivity index (χ0n) is 6.41. The summed E-state index contributed by atoms with van der Waals surface area (Å²) < 4.78 is -0.575. The van der Waals surface area contributed by atoms with Gasteiger partial charge in [-0.2, -0.15) is 0 Å². The van der Waals surface area contributed by atoms with Crippen LogP contribution in [0.2, 0.25) is 0 Å². The molecule has 0 nitrogen and oxygen atoms in total. The van der Waals surface area contributed by atoms with E-state index in [0.717, 1.165) is 0 Å². The van der Waals surface area contributed by atoms with Gasteiger partial charge in [-0.15, -0.1) is 23.2 Å². The minimum Gasteiger partial charge on any atom is -0.102 e. The zero-order valence-corrected chi connectivity index (χ0v) is 7.92. The first-order valence-electron chi connectivity index (χ1n) is 3.23. The van der Waals surface area contributed by atoms with E-state index in [2.05, 4.69) is 20.8 Å². The Labute approximate surface area is 67.5 Å². The molecular formula is C7H14Cl2. The van der Waals surface area contributed by atoms with Crippen LogP contribution in [-0.2, 0) is 0 Å². The Bertz CT molecular complexity index is 81.4. The second kappa shape index (κ2) is 3.12. The van der Waals surface area contributed by atoms with Crippen molar-refractivity contribution in [2.45, 2.75) is 32.0 Å². The number of alkyl halides is 2. The molecule has 1 unspecified atom stereocenters. The first-order chi connectivity index (χ1) is 3.85. The molecule has 0 heterocycles. The molecule has 0 aromatic rings. The topological polar surface area (TPSA) is 0 Å². The largest absolute Gasteiger partial charge is 0.118 e. The molecule has 0 fully saturated rings. The number of rotatable bonds is 2. The summed E-state index contributed by atoms with van der Waals surface area (Å²) in [4.78, 5) is 0. The highest BCUT2D eigenvalue weighted by Crippen LogP contribution is 2.33. The van der Waals surface area contributed by atoms with Gasteiger partial charge in [0, 0.05) is 0 Å². The van der Waals surface area contributed by atoms with Crippen LogP contribution in [-0.4, -0.2) is 4.33 Å². The average molecular weight is 169 g/mol. The van der Waals surface area contributed by atoms with Crippen molar-refractivity contribution in [3.05, 3.63) is 0 Å². The molecule has 0 saturated carbocycles. The Morgan fingerprint density at radius 3 is 1.44 bits per heavy atom. The molecule has 0 saturated heterocycles. The first kappa shape index (κ1) is 9.58. The lowest BCUT2D eigenvalue weighted by atomic mass is 9.95. The third-order valence-corrected chi connectivity index (χ3v) is 2.49. The third-order valence-electron chi connectivity index (χ3n) is 1.80. The van der Waals surface area contributed by atoms with Crippen LogP contribution in [0.25, 0.3) is 0 Å². The van der Waals surface area contributed by atoms with Crippen molar-refractivity contribution in [2.75, 3.05) is 0 Å². The van der Waals surface area contributed by atoms with Crippen LogP contribution in [0.4, 0.5) is 0 Å². The highest BCUT2D eigenvalue weighted by Gasteiger charge is 2.27. The molecule has 0 aromatic carbocycles. The molecule has 0 N–H and O–H groups in total. The van der Waals surface area contributed by atoms with Gasteiger partial charge in [0.2, 0.25) is 0 Å². The maximum atomic E-state index is 5.84. The summed E-state index contributed by atoms with van der Waals surface area (Å²) in [5.41, 5.74) is 0. The van der Waals surface area contributed by atoms with Gasteiger partial charge in [0.1, 0.15) is 4.33 Å². The van der Waals surface area contributed by atoms with Crippen molar-refractivity contribution in [3.8, 4) is 0 Å². The lowest BCUT2D eigenvalue weighted by Crippen LogP contribution is -2.23. The maximum absolute atomic E-state index is 5.84. The Morgan fingerprint density at radius 1 is 1.11 bits per heavy atom. The van der Waals surface area contributed by atoms with Crippen LogP contribution in [0.5, 0.6) is 0 Å². The number of hydrogen-bond donors (Lipinski definition) is 0. The minimum atomic E-state index is -0.575. The molecular weight excluding hydrogens is 155 g/mol. The molecule has 1 atom stereocenters. The summed E-state index contributed by atoms with van der Waals surface area (Å²) in [5.74, 6) is 0.894. The van der Waals surface area contributed by atoms with Gasteiger partial charge in [-0.05, 0) is 18.8 Å². The van der Waals surface area contributed by atoms with E-state index in [1.165, 1.54) is 0 Å². The van der Waals surface area contributed by atoms with E-state index in [0.29, 0.717) is 11.8 Å². The highest BCUT2D eigenvalue weighted by molar-refractivity contribution is 6.48. The Hall–Kier alpha value is 0.580. The monoisotopic (exact) mass is 168 g/mol. The van der Waals surface area contributed by atoms with Crippen molar-refractivity contribution in [1.29, 1.82) is 0 Å². The molecule has 0 radical (unpaired) electrons.